The predicted octanol–water partition coefficient (Wildman–Crippen LogP) is 4.63. The Bertz CT molecular complexity index is 1290. The van der Waals surface area contributed by atoms with Crippen molar-refractivity contribution in [3.8, 4) is 5.75 Å². The molecule has 1 fully saturated rings. The molecule has 174 valence electrons. The Morgan fingerprint density at radius 3 is 2.59 bits per heavy atom. The van der Waals surface area contributed by atoms with E-state index in [1.165, 1.54) is 12.1 Å². The van der Waals surface area contributed by atoms with E-state index in [0.29, 0.717) is 27.6 Å². The third-order valence-corrected chi connectivity index (χ3v) is 6.91. The molecule has 34 heavy (non-hydrogen) atoms. The number of halogens is 2. The quantitative estimate of drug-likeness (QED) is 0.409. The Kier molecular flexibility index (Phi) is 5.50. The summed E-state index contributed by atoms with van der Waals surface area (Å²) in [6.45, 7) is 2.02. The maximum atomic E-state index is 13.1. The summed E-state index contributed by atoms with van der Waals surface area (Å²) in [5, 5.41) is 18.7. The Balaban J connectivity index is 1.46. The average Bonchev–Trinajstić information content (AvgIpc) is 3.28. The lowest BCUT2D eigenvalue weighted by Crippen LogP contribution is -2.54. The Labute approximate surface area is 200 Å². The van der Waals surface area contributed by atoms with Gasteiger partial charge in [0.05, 0.1) is 10.9 Å². The van der Waals surface area contributed by atoms with Crippen LogP contribution in [0.5, 0.6) is 5.75 Å². The zero-order valence-electron chi connectivity index (χ0n) is 18.1. The summed E-state index contributed by atoms with van der Waals surface area (Å²) < 4.78 is 18.9. The molecule has 0 aliphatic carbocycles. The second-order valence-corrected chi connectivity index (χ2v) is 9.01. The van der Waals surface area contributed by atoms with Crippen molar-refractivity contribution in [1.82, 2.24) is 5.32 Å². The number of nitrogens with zero attached hydrogens (tertiary/aromatic N) is 1. The standard InChI is InChI=1S/C25H21ClFN3O4/c1-14-22(16-8-11-21(19(26)12-16)34-13-15-6-9-17(27)10-7-15)23(30(32)33)25(29-14)18-4-2-3-5-20(18)28-24(25)31/h2-12,14,22-23,29H,13H2,1H3,(H,28,31)/t14-,22+,23+,25-/m0/s1. The number of rotatable bonds is 5. The third-order valence-electron chi connectivity index (χ3n) is 6.61. The number of nitro groups is 1. The van der Waals surface area contributed by atoms with Crippen LogP contribution < -0.4 is 15.4 Å². The van der Waals surface area contributed by atoms with Gasteiger partial charge in [-0.2, -0.15) is 0 Å². The smallest absolute Gasteiger partial charge is 0.256 e. The van der Waals surface area contributed by atoms with Gasteiger partial charge < -0.3 is 10.1 Å². The van der Waals surface area contributed by atoms with E-state index in [1.54, 1.807) is 54.6 Å². The van der Waals surface area contributed by atoms with Crippen LogP contribution in [-0.4, -0.2) is 22.9 Å². The van der Waals surface area contributed by atoms with Crippen molar-refractivity contribution in [3.63, 3.8) is 0 Å². The highest BCUT2D eigenvalue weighted by Crippen LogP contribution is 2.50. The van der Waals surface area contributed by atoms with Gasteiger partial charge in [-0.15, -0.1) is 0 Å². The fourth-order valence-electron chi connectivity index (χ4n) is 5.14. The maximum Gasteiger partial charge on any atom is 0.256 e. The van der Waals surface area contributed by atoms with E-state index in [-0.39, 0.29) is 23.4 Å². The van der Waals surface area contributed by atoms with Gasteiger partial charge in [0.25, 0.3) is 11.9 Å². The number of carbonyl (C=O) groups is 1. The van der Waals surface area contributed by atoms with Crippen LogP contribution in [0.1, 0.15) is 29.5 Å². The molecule has 0 aromatic heterocycles. The molecule has 3 aromatic carbocycles. The minimum Gasteiger partial charge on any atom is -0.487 e. The first-order valence-electron chi connectivity index (χ1n) is 10.8. The molecule has 0 unspecified atom stereocenters. The number of ether oxygens (including phenoxy) is 1. The summed E-state index contributed by atoms with van der Waals surface area (Å²) in [5.74, 6) is -0.975. The topological polar surface area (TPSA) is 93.5 Å². The molecule has 0 radical (unpaired) electrons. The van der Waals surface area contributed by atoms with Gasteiger partial charge in [0.2, 0.25) is 0 Å². The van der Waals surface area contributed by atoms with E-state index >= 15 is 0 Å². The van der Waals surface area contributed by atoms with E-state index in [4.69, 9.17) is 16.3 Å². The van der Waals surface area contributed by atoms with Crippen LogP contribution in [-0.2, 0) is 16.9 Å². The summed E-state index contributed by atoms with van der Waals surface area (Å²) in [5.41, 5.74) is 1.07. The molecule has 1 spiro atoms. The van der Waals surface area contributed by atoms with Gasteiger partial charge in [0, 0.05) is 22.2 Å². The number of amides is 1. The highest BCUT2D eigenvalue weighted by atomic mass is 35.5. The second kappa shape index (κ2) is 8.38. The summed E-state index contributed by atoms with van der Waals surface area (Å²) in [7, 11) is 0. The van der Waals surface area contributed by atoms with Crippen LogP contribution in [0.25, 0.3) is 0 Å². The molecule has 2 heterocycles. The second-order valence-electron chi connectivity index (χ2n) is 8.60. The number of carbonyl (C=O) groups excluding carboxylic acids is 1. The van der Waals surface area contributed by atoms with Gasteiger partial charge in [0.1, 0.15) is 18.2 Å². The molecule has 9 heteroatoms. The Hall–Kier alpha value is -3.49. The summed E-state index contributed by atoms with van der Waals surface area (Å²) in [6.07, 6.45) is 0. The molecule has 0 saturated carbocycles. The van der Waals surface area contributed by atoms with Crippen LogP contribution in [0.15, 0.2) is 66.7 Å². The first-order chi connectivity index (χ1) is 16.3. The predicted molar refractivity (Wildman–Crippen MR) is 125 cm³/mol. The number of para-hydroxylation sites is 1. The highest BCUT2D eigenvalue weighted by Gasteiger charge is 2.67. The molecule has 0 bridgehead atoms. The highest BCUT2D eigenvalue weighted by molar-refractivity contribution is 6.32. The van der Waals surface area contributed by atoms with Gasteiger partial charge in [-0.1, -0.05) is 48.0 Å². The molecule has 2 aliphatic heterocycles. The summed E-state index contributed by atoms with van der Waals surface area (Å²) in [6, 6.07) is 16.4. The lowest BCUT2D eigenvalue weighted by molar-refractivity contribution is -0.532. The molecule has 1 saturated heterocycles. The molecule has 2 aliphatic rings. The van der Waals surface area contributed by atoms with Crippen LogP contribution in [0, 0.1) is 15.9 Å². The van der Waals surface area contributed by atoms with Crippen molar-refractivity contribution in [2.45, 2.75) is 37.1 Å². The summed E-state index contributed by atoms with van der Waals surface area (Å²) in [4.78, 5) is 25.1. The van der Waals surface area contributed by atoms with Crippen LogP contribution in [0.4, 0.5) is 10.1 Å². The van der Waals surface area contributed by atoms with E-state index < -0.39 is 23.4 Å². The molecule has 1 amide bonds. The van der Waals surface area contributed by atoms with Crippen molar-refractivity contribution < 1.29 is 18.8 Å². The van der Waals surface area contributed by atoms with E-state index in [9.17, 15) is 19.3 Å². The van der Waals surface area contributed by atoms with Crippen LogP contribution in [0.3, 0.4) is 0 Å². The maximum absolute atomic E-state index is 13.1. The molecular formula is C25H21ClFN3O4. The Morgan fingerprint density at radius 1 is 1.15 bits per heavy atom. The van der Waals surface area contributed by atoms with Gasteiger partial charge in [-0.3, -0.25) is 20.2 Å². The molecular weight excluding hydrogens is 461 g/mol. The average molecular weight is 482 g/mol. The minimum absolute atomic E-state index is 0.193. The number of hydrogen-bond acceptors (Lipinski definition) is 5. The minimum atomic E-state index is -1.48. The zero-order valence-corrected chi connectivity index (χ0v) is 18.9. The zero-order chi connectivity index (χ0) is 24.0. The van der Waals surface area contributed by atoms with Crippen molar-refractivity contribution >= 4 is 23.2 Å². The van der Waals surface area contributed by atoms with E-state index in [1.807, 2.05) is 6.92 Å². The lowest BCUT2D eigenvalue weighted by atomic mass is 9.78. The molecule has 5 rings (SSSR count). The number of hydrogen-bond donors (Lipinski definition) is 2. The lowest BCUT2D eigenvalue weighted by Gasteiger charge is -2.25. The molecule has 2 N–H and O–H groups in total. The van der Waals surface area contributed by atoms with Gasteiger partial charge >= 0.3 is 0 Å². The normalized spacial score (nSPS) is 25.3. The number of nitrogens with one attached hydrogen (secondary N) is 2. The first kappa shape index (κ1) is 22.3. The van der Waals surface area contributed by atoms with Gasteiger partial charge in [-0.05, 0) is 48.4 Å². The van der Waals surface area contributed by atoms with Crippen LogP contribution in [0.2, 0.25) is 5.02 Å². The van der Waals surface area contributed by atoms with Gasteiger partial charge in [0.15, 0.2) is 5.54 Å². The van der Waals surface area contributed by atoms with Crippen molar-refractivity contribution in [1.29, 1.82) is 0 Å². The van der Waals surface area contributed by atoms with Crippen molar-refractivity contribution in [2.24, 2.45) is 0 Å². The van der Waals surface area contributed by atoms with Crippen LogP contribution >= 0.6 is 11.6 Å². The monoisotopic (exact) mass is 481 g/mol. The fourth-order valence-corrected chi connectivity index (χ4v) is 5.38. The largest absolute Gasteiger partial charge is 0.487 e. The van der Waals surface area contributed by atoms with E-state index in [2.05, 4.69) is 10.6 Å². The fraction of sp³-hybridized carbons (Fsp3) is 0.240. The number of anilines is 1. The van der Waals surface area contributed by atoms with E-state index in [0.717, 1.165) is 5.56 Å². The third kappa shape index (κ3) is 3.50. The SMILES string of the molecule is C[C@@H]1N[C@]2(C(=O)Nc3ccccc32)[C@H]([N+](=O)[O-])[C@H]1c1ccc(OCc2ccc(F)cc2)c(Cl)c1. The first-order valence-corrected chi connectivity index (χ1v) is 11.2. The molecule has 4 atom stereocenters. The number of fused-ring (bicyclic) bond motifs is 2. The van der Waals surface area contributed by atoms with Gasteiger partial charge in [-0.25, -0.2) is 4.39 Å². The summed E-state index contributed by atoms with van der Waals surface area (Å²) >= 11 is 6.48. The molecule has 7 nitrogen and oxygen atoms in total. The van der Waals surface area contributed by atoms with Crippen molar-refractivity contribution in [3.05, 3.63) is 104 Å². The van der Waals surface area contributed by atoms with Crippen molar-refractivity contribution in [2.75, 3.05) is 5.32 Å². The number of benzene rings is 3. The molecule has 3 aromatic rings. The Morgan fingerprint density at radius 2 is 1.88 bits per heavy atom.